The van der Waals surface area contributed by atoms with Gasteiger partial charge in [0, 0.05) is 24.7 Å². The highest BCUT2D eigenvalue weighted by atomic mass is 16.6. The summed E-state index contributed by atoms with van der Waals surface area (Å²) in [5.74, 6) is -0.255. The Balaban J connectivity index is 1.60. The highest BCUT2D eigenvalue weighted by molar-refractivity contribution is 5.96. The maximum absolute atomic E-state index is 12.9. The van der Waals surface area contributed by atoms with E-state index in [1.165, 1.54) is 6.07 Å². The van der Waals surface area contributed by atoms with Gasteiger partial charge in [-0.15, -0.1) is 0 Å². The van der Waals surface area contributed by atoms with Gasteiger partial charge < -0.3 is 10.2 Å². The van der Waals surface area contributed by atoms with Gasteiger partial charge in [0.2, 0.25) is 0 Å². The zero-order chi connectivity index (χ0) is 18.9. The van der Waals surface area contributed by atoms with Gasteiger partial charge in [0.1, 0.15) is 5.69 Å². The van der Waals surface area contributed by atoms with Crippen LogP contribution in [0.15, 0.2) is 48.5 Å². The van der Waals surface area contributed by atoms with E-state index in [-0.39, 0.29) is 22.1 Å². The lowest BCUT2D eigenvalue weighted by Crippen LogP contribution is -2.50. The van der Waals surface area contributed by atoms with E-state index >= 15 is 0 Å². The molecule has 0 spiro atoms. The van der Waals surface area contributed by atoms with Crippen LogP contribution in [-0.4, -0.2) is 23.9 Å². The van der Waals surface area contributed by atoms with Crippen LogP contribution in [-0.2, 0) is 5.54 Å². The first kappa shape index (κ1) is 17.5. The monoisotopic (exact) mass is 365 g/mol. The summed E-state index contributed by atoms with van der Waals surface area (Å²) in [6, 6.07) is 14.8. The highest BCUT2D eigenvalue weighted by Gasteiger charge is 2.40. The summed E-state index contributed by atoms with van der Waals surface area (Å²) in [5.41, 5.74) is 1.68. The Bertz CT molecular complexity index is 856. The SMILES string of the molecule is O=C(NC1(c2ccccc2)CCC1)c1ccc(N2CCCC2)c([N+](=O)[O-])c1. The third-order valence-corrected chi connectivity index (χ3v) is 5.77. The van der Waals surface area contributed by atoms with E-state index in [0.717, 1.165) is 50.8 Å². The topological polar surface area (TPSA) is 75.5 Å². The molecule has 1 saturated carbocycles. The summed E-state index contributed by atoms with van der Waals surface area (Å²) in [7, 11) is 0. The van der Waals surface area contributed by atoms with Crippen molar-refractivity contribution in [1.29, 1.82) is 0 Å². The highest BCUT2D eigenvalue weighted by Crippen LogP contribution is 2.41. The van der Waals surface area contributed by atoms with Crippen LogP contribution in [0.3, 0.4) is 0 Å². The first-order valence-corrected chi connectivity index (χ1v) is 9.50. The van der Waals surface area contributed by atoms with Crippen molar-refractivity contribution in [3.8, 4) is 0 Å². The average molecular weight is 365 g/mol. The van der Waals surface area contributed by atoms with Crippen molar-refractivity contribution in [2.24, 2.45) is 0 Å². The van der Waals surface area contributed by atoms with Crippen molar-refractivity contribution in [2.75, 3.05) is 18.0 Å². The second-order valence-corrected chi connectivity index (χ2v) is 7.41. The van der Waals surface area contributed by atoms with Crippen LogP contribution >= 0.6 is 0 Å². The number of hydrogen-bond acceptors (Lipinski definition) is 4. The van der Waals surface area contributed by atoms with Crippen LogP contribution in [0.5, 0.6) is 0 Å². The molecule has 1 aliphatic carbocycles. The largest absolute Gasteiger partial charge is 0.366 e. The van der Waals surface area contributed by atoms with Gasteiger partial charge in [-0.2, -0.15) is 0 Å². The van der Waals surface area contributed by atoms with Gasteiger partial charge in [-0.05, 0) is 49.8 Å². The number of nitrogens with one attached hydrogen (secondary N) is 1. The van der Waals surface area contributed by atoms with Crippen molar-refractivity contribution in [1.82, 2.24) is 5.32 Å². The Labute approximate surface area is 158 Å². The zero-order valence-corrected chi connectivity index (χ0v) is 15.2. The van der Waals surface area contributed by atoms with E-state index in [2.05, 4.69) is 5.32 Å². The molecule has 0 bridgehead atoms. The molecule has 0 radical (unpaired) electrons. The number of amides is 1. The molecule has 2 fully saturated rings. The second kappa shape index (κ2) is 7.02. The van der Waals surface area contributed by atoms with Gasteiger partial charge in [0.25, 0.3) is 11.6 Å². The average Bonchev–Trinajstić information content (AvgIpc) is 3.19. The number of anilines is 1. The molecule has 0 unspecified atom stereocenters. The summed E-state index contributed by atoms with van der Waals surface area (Å²) in [4.78, 5) is 26.1. The van der Waals surface area contributed by atoms with Crippen molar-refractivity contribution in [3.05, 3.63) is 69.8 Å². The molecule has 4 rings (SSSR count). The summed E-state index contributed by atoms with van der Waals surface area (Å²) in [6.45, 7) is 1.65. The van der Waals surface area contributed by atoms with Gasteiger partial charge in [-0.25, -0.2) is 0 Å². The first-order valence-electron chi connectivity index (χ1n) is 9.50. The fraction of sp³-hybridized carbons (Fsp3) is 0.381. The smallest absolute Gasteiger partial charge is 0.293 e. The molecule has 1 heterocycles. The maximum atomic E-state index is 12.9. The summed E-state index contributed by atoms with van der Waals surface area (Å²) in [5, 5.41) is 14.7. The number of nitrogens with zero attached hydrogens (tertiary/aromatic N) is 2. The lowest BCUT2D eigenvalue weighted by atomic mass is 9.71. The van der Waals surface area contributed by atoms with E-state index in [4.69, 9.17) is 0 Å². The third-order valence-electron chi connectivity index (χ3n) is 5.77. The van der Waals surface area contributed by atoms with Crippen molar-refractivity contribution in [3.63, 3.8) is 0 Å². The second-order valence-electron chi connectivity index (χ2n) is 7.41. The summed E-state index contributed by atoms with van der Waals surface area (Å²) < 4.78 is 0. The number of nitro groups is 1. The Morgan fingerprint density at radius 2 is 1.74 bits per heavy atom. The molecular formula is C21H23N3O3. The quantitative estimate of drug-likeness (QED) is 0.642. The van der Waals surface area contributed by atoms with E-state index in [1.54, 1.807) is 12.1 Å². The molecule has 2 aliphatic rings. The minimum atomic E-state index is -0.388. The lowest BCUT2D eigenvalue weighted by molar-refractivity contribution is -0.384. The van der Waals surface area contributed by atoms with Gasteiger partial charge in [0.05, 0.1) is 10.5 Å². The molecule has 2 aromatic carbocycles. The van der Waals surface area contributed by atoms with E-state index in [9.17, 15) is 14.9 Å². The molecule has 0 atom stereocenters. The Morgan fingerprint density at radius 1 is 1.04 bits per heavy atom. The minimum absolute atomic E-state index is 0.00641. The normalized spacial score (nSPS) is 18.0. The van der Waals surface area contributed by atoms with Crippen LogP contribution in [0.1, 0.15) is 48.0 Å². The van der Waals surface area contributed by atoms with Crippen LogP contribution in [0.25, 0.3) is 0 Å². The van der Waals surface area contributed by atoms with Gasteiger partial charge in [0.15, 0.2) is 0 Å². The van der Waals surface area contributed by atoms with E-state index < -0.39 is 0 Å². The third kappa shape index (κ3) is 3.27. The van der Waals surface area contributed by atoms with Crippen LogP contribution < -0.4 is 10.2 Å². The Morgan fingerprint density at radius 3 is 2.33 bits per heavy atom. The molecule has 1 saturated heterocycles. The zero-order valence-electron chi connectivity index (χ0n) is 15.2. The predicted molar refractivity (Wildman–Crippen MR) is 104 cm³/mol. The number of hydrogen-bond donors (Lipinski definition) is 1. The number of benzene rings is 2. The molecule has 6 heteroatoms. The molecular weight excluding hydrogens is 342 g/mol. The standard InChI is InChI=1S/C21H23N3O3/c25-20(22-21(11-6-12-21)17-7-2-1-3-8-17)16-9-10-18(19(15-16)24(26)27)23-13-4-5-14-23/h1-3,7-10,15H,4-6,11-14H2,(H,22,25). The van der Waals surface area contributed by atoms with Gasteiger partial charge in [-0.1, -0.05) is 30.3 Å². The molecule has 27 heavy (non-hydrogen) atoms. The van der Waals surface area contributed by atoms with Crippen molar-refractivity contribution < 1.29 is 9.72 Å². The molecule has 140 valence electrons. The van der Waals surface area contributed by atoms with Crippen molar-refractivity contribution in [2.45, 2.75) is 37.6 Å². The molecule has 6 nitrogen and oxygen atoms in total. The first-order chi connectivity index (χ1) is 13.1. The lowest BCUT2D eigenvalue weighted by Gasteiger charge is -2.43. The Kier molecular flexibility index (Phi) is 4.56. The fourth-order valence-electron chi connectivity index (χ4n) is 4.10. The number of rotatable bonds is 5. The fourth-order valence-corrected chi connectivity index (χ4v) is 4.10. The molecule has 1 N–H and O–H groups in total. The van der Waals surface area contributed by atoms with E-state index in [0.29, 0.717) is 11.3 Å². The minimum Gasteiger partial charge on any atom is -0.366 e. The molecule has 2 aromatic rings. The number of nitro benzene ring substituents is 1. The van der Waals surface area contributed by atoms with Crippen LogP contribution in [0, 0.1) is 10.1 Å². The predicted octanol–water partition coefficient (Wildman–Crippen LogP) is 4.00. The number of carbonyl (C=O) groups is 1. The van der Waals surface area contributed by atoms with Crippen LogP contribution in [0.2, 0.25) is 0 Å². The Hall–Kier alpha value is -2.89. The van der Waals surface area contributed by atoms with Crippen LogP contribution in [0.4, 0.5) is 11.4 Å². The summed E-state index contributed by atoms with van der Waals surface area (Å²) >= 11 is 0. The maximum Gasteiger partial charge on any atom is 0.293 e. The number of carbonyl (C=O) groups excluding carboxylic acids is 1. The summed E-state index contributed by atoms with van der Waals surface area (Å²) in [6.07, 6.45) is 4.91. The molecule has 1 aliphatic heterocycles. The molecule has 0 aromatic heterocycles. The van der Waals surface area contributed by atoms with Crippen molar-refractivity contribution >= 4 is 17.3 Å². The van der Waals surface area contributed by atoms with E-state index in [1.807, 2.05) is 35.2 Å². The van der Waals surface area contributed by atoms with Gasteiger partial charge >= 0.3 is 0 Å². The molecule has 1 amide bonds. The van der Waals surface area contributed by atoms with Gasteiger partial charge in [-0.3, -0.25) is 14.9 Å².